The van der Waals surface area contributed by atoms with Crippen LogP contribution in [0.15, 0.2) is 24.0 Å². The number of esters is 1. The Morgan fingerprint density at radius 2 is 2.55 bits per heavy atom. The van der Waals surface area contributed by atoms with Crippen molar-refractivity contribution in [1.82, 2.24) is 0 Å². The number of hydrogen-bond acceptors (Lipinski definition) is 2. The summed E-state index contributed by atoms with van der Waals surface area (Å²) in [6.45, 7) is 0. The van der Waals surface area contributed by atoms with Crippen molar-refractivity contribution in [2.45, 2.75) is 12.8 Å². The van der Waals surface area contributed by atoms with E-state index in [0.29, 0.717) is 5.76 Å². The highest BCUT2D eigenvalue weighted by atomic mass is 35.5. The van der Waals surface area contributed by atoms with Gasteiger partial charge in [0.25, 0.3) is 0 Å². The molecule has 0 aromatic rings. The molecule has 0 saturated heterocycles. The van der Waals surface area contributed by atoms with E-state index in [1.54, 1.807) is 6.08 Å². The van der Waals surface area contributed by atoms with Crippen molar-refractivity contribution in [3.05, 3.63) is 24.0 Å². The second-order valence-electron chi connectivity index (χ2n) is 2.21. The SMILES string of the molecule is O=C(CCl)OC1=CC=CCC1. The van der Waals surface area contributed by atoms with Crippen LogP contribution in [-0.4, -0.2) is 11.8 Å². The van der Waals surface area contributed by atoms with Gasteiger partial charge in [0.15, 0.2) is 0 Å². The first kappa shape index (κ1) is 8.34. The maximum Gasteiger partial charge on any atom is 0.325 e. The summed E-state index contributed by atoms with van der Waals surface area (Å²) in [5.41, 5.74) is 0. The average Bonchev–Trinajstić information content (AvgIpc) is 2.06. The summed E-state index contributed by atoms with van der Waals surface area (Å²) in [7, 11) is 0. The van der Waals surface area contributed by atoms with E-state index in [9.17, 15) is 4.79 Å². The summed E-state index contributed by atoms with van der Waals surface area (Å²) in [6, 6.07) is 0. The fraction of sp³-hybridized carbons (Fsp3) is 0.375. The van der Waals surface area contributed by atoms with E-state index >= 15 is 0 Å². The molecule has 0 N–H and O–H groups in total. The molecule has 0 heterocycles. The molecule has 0 aromatic heterocycles. The first-order valence-electron chi connectivity index (χ1n) is 3.45. The highest BCUT2D eigenvalue weighted by molar-refractivity contribution is 6.26. The quantitative estimate of drug-likeness (QED) is 0.471. The van der Waals surface area contributed by atoms with Crippen molar-refractivity contribution >= 4 is 17.6 Å². The molecular weight excluding hydrogens is 164 g/mol. The molecule has 0 aliphatic heterocycles. The first-order chi connectivity index (χ1) is 5.33. The first-order valence-corrected chi connectivity index (χ1v) is 3.98. The molecule has 1 aliphatic carbocycles. The third kappa shape index (κ3) is 2.76. The smallest absolute Gasteiger partial charge is 0.325 e. The van der Waals surface area contributed by atoms with Crippen molar-refractivity contribution in [3.63, 3.8) is 0 Å². The van der Waals surface area contributed by atoms with E-state index in [4.69, 9.17) is 16.3 Å². The number of carbonyl (C=O) groups is 1. The number of allylic oxidation sites excluding steroid dienone is 4. The van der Waals surface area contributed by atoms with Gasteiger partial charge < -0.3 is 4.74 Å². The molecule has 1 rings (SSSR count). The number of rotatable bonds is 2. The van der Waals surface area contributed by atoms with Crippen LogP contribution >= 0.6 is 11.6 Å². The van der Waals surface area contributed by atoms with Gasteiger partial charge in [-0.05, 0) is 12.5 Å². The molecule has 0 amide bonds. The van der Waals surface area contributed by atoms with Crippen molar-refractivity contribution in [1.29, 1.82) is 0 Å². The number of hydrogen-bond donors (Lipinski definition) is 0. The molecule has 0 spiro atoms. The van der Waals surface area contributed by atoms with Gasteiger partial charge in [0.2, 0.25) is 0 Å². The zero-order valence-corrected chi connectivity index (χ0v) is 6.80. The summed E-state index contributed by atoms with van der Waals surface area (Å²) in [5, 5.41) is 0. The standard InChI is InChI=1S/C8H9ClO2/c9-6-8(10)11-7-4-2-1-3-5-7/h1-2,4H,3,5-6H2. The predicted octanol–water partition coefficient (Wildman–Crippen LogP) is 2.00. The van der Waals surface area contributed by atoms with Crippen molar-refractivity contribution in [3.8, 4) is 0 Å². The van der Waals surface area contributed by atoms with Gasteiger partial charge in [0, 0.05) is 6.42 Å². The predicted molar refractivity (Wildman–Crippen MR) is 43.3 cm³/mol. The molecule has 3 heteroatoms. The lowest BCUT2D eigenvalue weighted by atomic mass is 10.2. The molecule has 0 radical (unpaired) electrons. The van der Waals surface area contributed by atoms with Crippen molar-refractivity contribution < 1.29 is 9.53 Å². The van der Waals surface area contributed by atoms with Gasteiger partial charge in [-0.25, -0.2) is 0 Å². The molecule has 0 aromatic carbocycles. The highest BCUT2D eigenvalue weighted by Gasteiger charge is 2.05. The molecule has 0 atom stereocenters. The zero-order chi connectivity index (χ0) is 8.10. The number of halogens is 1. The van der Waals surface area contributed by atoms with E-state index < -0.39 is 0 Å². The Hall–Kier alpha value is -0.760. The Balaban J connectivity index is 2.42. The van der Waals surface area contributed by atoms with Gasteiger partial charge in [-0.2, -0.15) is 0 Å². The lowest BCUT2D eigenvalue weighted by Crippen LogP contribution is -2.06. The van der Waals surface area contributed by atoms with Gasteiger partial charge in [0.1, 0.15) is 11.6 Å². The molecule has 2 nitrogen and oxygen atoms in total. The van der Waals surface area contributed by atoms with E-state index in [0.717, 1.165) is 12.8 Å². The number of carbonyl (C=O) groups excluding carboxylic acids is 1. The second kappa shape index (κ2) is 4.19. The minimum atomic E-state index is -0.381. The maximum atomic E-state index is 10.7. The largest absolute Gasteiger partial charge is 0.430 e. The molecule has 60 valence electrons. The summed E-state index contributed by atoms with van der Waals surface area (Å²) < 4.78 is 4.88. The molecule has 0 fully saturated rings. The second-order valence-corrected chi connectivity index (χ2v) is 2.47. The van der Waals surface area contributed by atoms with Gasteiger partial charge >= 0.3 is 5.97 Å². The summed E-state index contributed by atoms with van der Waals surface area (Å²) >= 11 is 5.25. The van der Waals surface area contributed by atoms with Crippen LogP contribution in [-0.2, 0) is 9.53 Å². The van der Waals surface area contributed by atoms with Crippen molar-refractivity contribution in [2.24, 2.45) is 0 Å². The third-order valence-electron chi connectivity index (χ3n) is 1.33. The topological polar surface area (TPSA) is 26.3 Å². The Labute approximate surface area is 70.5 Å². The fourth-order valence-corrected chi connectivity index (χ4v) is 0.894. The number of ether oxygens (including phenoxy) is 1. The summed E-state index contributed by atoms with van der Waals surface area (Å²) in [6.07, 6.45) is 7.41. The molecule has 0 bridgehead atoms. The minimum Gasteiger partial charge on any atom is -0.430 e. The Morgan fingerprint density at radius 1 is 1.73 bits per heavy atom. The highest BCUT2D eigenvalue weighted by Crippen LogP contribution is 2.12. The van der Waals surface area contributed by atoms with E-state index in [-0.39, 0.29) is 11.8 Å². The van der Waals surface area contributed by atoms with Gasteiger partial charge in [-0.3, -0.25) is 4.79 Å². The van der Waals surface area contributed by atoms with Crippen LogP contribution < -0.4 is 0 Å². The third-order valence-corrected chi connectivity index (χ3v) is 1.55. The molecular formula is C8H9ClO2. The Kier molecular flexibility index (Phi) is 3.17. The van der Waals surface area contributed by atoms with Crippen LogP contribution in [0.1, 0.15) is 12.8 Å². The fourth-order valence-electron chi connectivity index (χ4n) is 0.839. The van der Waals surface area contributed by atoms with Gasteiger partial charge in [-0.15, -0.1) is 11.6 Å². The van der Waals surface area contributed by atoms with E-state index in [2.05, 4.69) is 0 Å². The van der Waals surface area contributed by atoms with E-state index in [1.807, 2.05) is 12.2 Å². The van der Waals surface area contributed by atoms with Crippen molar-refractivity contribution in [2.75, 3.05) is 5.88 Å². The average molecular weight is 173 g/mol. The number of alkyl halides is 1. The monoisotopic (exact) mass is 172 g/mol. The van der Waals surface area contributed by atoms with Crippen LogP contribution in [0.3, 0.4) is 0 Å². The van der Waals surface area contributed by atoms with Crippen LogP contribution in [0.25, 0.3) is 0 Å². The lowest BCUT2D eigenvalue weighted by Gasteiger charge is -2.07. The Bertz CT molecular complexity index is 206. The minimum absolute atomic E-state index is 0.0823. The zero-order valence-electron chi connectivity index (χ0n) is 6.05. The van der Waals surface area contributed by atoms with Crippen LogP contribution in [0.4, 0.5) is 0 Å². The maximum absolute atomic E-state index is 10.7. The molecule has 0 saturated carbocycles. The van der Waals surface area contributed by atoms with E-state index in [1.165, 1.54) is 0 Å². The normalized spacial score (nSPS) is 15.9. The van der Waals surface area contributed by atoms with Crippen LogP contribution in [0.5, 0.6) is 0 Å². The lowest BCUT2D eigenvalue weighted by molar-refractivity contribution is -0.136. The molecule has 0 unspecified atom stereocenters. The molecule has 11 heavy (non-hydrogen) atoms. The molecule has 1 aliphatic rings. The van der Waals surface area contributed by atoms with Gasteiger partial charge in [0.05, 0.1) is 0 Å². The van der Waals surface area contributed by atoms with Gasteiger partial charge in [-0.1, -0.05) is 12.2 Å². The Morgan fingerprint density at radius 3 is 3.09 bits per heavy atom. The van der Waals surface area contributed by atoms with Crippen LogP contribution in [0.2, 0.25) is 0 Å². The van der Waals surface area contributed by atoms with Crippen LogP contribution in [0, 0.1) is 0 Å². The summed E-state index contributed by atoms with van der Waals surface area (Å²) in [5.74, 6) is 0.243. The summed E-state index contributed by atoms with van der Waals surface area (Å²) in [4.78, 5) is 10.7.